The third kappa shape index (κ3) is 1.82. The van der Waals surface area contributed by atoms with Crippen molar-refractivity contribution in [2.45, 2.75) is 25.5 Å². The molecule has 19 heavy (non-hydrogen) atoms. The first-order valence-electron chi connectivity index (χ1n) is 5.64. The van der Waals surface area contributed by atoms with Crippen molar-refractivity contribution in [1.29, 1.82) is 0 Å². The summed E-state index contributed by atoms with van der Waals surface area (Å²) in [6.45, 7) is 3.15. The Hall–Kier alpha value is -0.660. The maximum Gasteiger partial charge on any atom is 0.345 e. The molecule has 2 heterocycles. The van der Waals surface area contributed by atoms with Gasteiger partial charge in [-0.25, -0.2) is 4.79 Å². The molecule has 2 rings (SSSR count). The van der Waals surface area contributed by atoms with E-state index in [0.717, 1.165) is 0 Å². The van der Waals surface area contributed by atoms with Crippen molar-refractivity contribution in [3.8, 4) is 0 Å². The molecule has 5 nitrogen and oxygen atoms in total. The van der Waals surface area contributed by atoms with Gasteiger partial charge < -0.3 is 14.4 Å². The summed E-state index contributed by atoms with van der Waals surface area (Å²) < 4.78 is 7.80. The van der Waals surface area contributed by atoms with Gasteiger partial charge in [0.25, 0.3) is 0 Å². The molecule has 1 aromatic rings. The fourth-order valence-corrected chi connectivity index (χ4v) is 3.88. The smallest absolute Gasteiger partial charge is 0.345 e. The highest BCUT2D eigenvalue weighted by Gasteiger charge is 2.59. The van der Waals surface area contributed by atoms with Gasteiger partial charge >= 0.3 is 5.97 Å². The van der Waals surface area contributed by atoms with E-state index in [0.29, 0.717) is 14.8 Å². The maximum absolute atomic E-state index is 12.0. The summed E-state index contributed by atoms with van der Waals surface area (Å²) in [5, 5.41) is 10.8. The second kappa shape index (κ2) is 4.71. The first-order chi connectivity index (χ1) is 8.76. The van der Waals surface area contributed by atoms with Crippen LogP contribution in [-0.4, -0.2) is 28.5 Å². The highest BCUT2D eigenvalue weighted by molar-refractivity contribution is 9.13. The Morgan fingerprint density at radius 3 is 2.53 bits per heavy atom. The molecule has 0 aliphatic carbocycles. The number of ketones is 1. The number of fused-ring (bicyclic) bond motifs is 1. The van der Waals surface area contributed by atoms with Crippen LogP contribution in [0, 0.1) is 5.92 Å². The van der Waals surface area contributed by atoms with Gasteiger partial charge in [0.05, 0.1) is 27.8 Å². The molecule has 1 N–H and O–H groups in total. The summed E-state index contributed by atoms with van der Waals surface area (Å²) in [4.78, 5) is 23.9. The Labute approximate surface area is 127 Å². The van der Waals surface area contributed by atoms with Gasteiger partial charge in [0.15, 0.2) is 0 Å². The number of nitrogens with zero attached hydrogens (tertiary/aromatic N) is 1. The van der Waals surface area contributed by atoms with Crippen LogP contribution in [0.5, 0.6) is 0 Å². The van der Waals surface area contributed by atoms with Crippen LogP contribution < -0.4 is 0 Å². The van der Waals surface area contributed by atoms with Gasteiger partial charge in [0, 0.05) is 6.04 Å². The lowest BCUT2D eigenvalue weighted by atomic mass is 9.81. The van der Waals surface area contributed by atoms with Gasteiger partial charge in [-0.2, -0.15) is 0 Å². The van der Waals surface area contributed by atoms with Crippen molar-refractivity contribution in [3.05, 3.63) is 20.8 Å². The molecule has 3 atom stereocenters. The van der Waals surface area contributed by atoms with E-state index in [9.17, 15) is 14.7 Å². The molecule has 0 amide bonds. The summed E-state index contributed by atoms with van der Waals surface area (Å²) >= 11 is 6.72. The molecule has 0 saturated carbocycles. The molecule has 7 heteroatoms. The van der Waals surface area contributed by atoms with Crippen molar-refractivity contribution in [2.24, 2.45) is 5.92 Å². The zero-order valence-corrected chi connectivity index (χ0v) is 13.8. The van der Waals surface area contributed by atoms with Crippen LogP contribution in [0.3, 0.4) is 0 Å². The Morgan fingerprint density at radius 1 is 1.47 bits per heavy atom. The lowest BCUT2D eigenvalue weighted by Crippen LogP contribution is -2.44. The number of carbonyl (C=O) groups excluding carboxylic acids is 2. The lowest BCUT2D eigenvalue weighted by molar-refractivity contribution is -0.172. The van der Waals surface area contributed by atoms with E-state index >= 15 is 0 Å². The van der Waals surface area contributed by atoms with E-state index < -0.39 is 17.5 Å². The molecule has 1 aliphatic heterocycles. The van der Waals surface area contributed by atoms with Crippen LogP contribution >= 0.6 is 31.9 Å². The van der Waals surface area contributed by atoms with Crippen LogP contribution in [0.25, 0.3) is 0 Å². The molecule has 3 unspecified atom stereocenters. The molecule has 104 valence electrons. The average Bonchev–Trinajstić information content (AvgIpc) is 2.75. The second-order valence-electron chi connectivity index (χ2n) is 4.63. The summed E-state index contributed by atoms with van der Waals surface area (Å²) in [5.74, 6) is -1.94. The number of methoxy groups -OCH3 is 1. The first-order valence-corrected chi connectivity index (χ1v) is 7.23. The molecule has 0 bridgehead atoms. The fraction of sp³-hybridized carbons (Fsp3) is 0.500. The summed E-state index contributed by atoms with van der Waals surface area (Å²) in [6, 6.07) is 1.28. The van der Waals surface area contributed by atoms with Crippen LogP contribution in [-0.2, 0) is 19.9 Å². The molecular weight excluding hydrogens is 382 g/mol. The number of Topliss-reactive ketones (excluding diaryl/α,β-unsaturated/α-hetero) is 1. The van der Waals surface area contributed by atoms with Crippen LogP contribution in [0.15, 0.2) is 15.1 Å². The van der Waals surface area contributed by atoms with Gasteiger partial charge in [0.1, 0.15) is 5.78 Å². The van der Waals surface area contributed by atoms with Crippen molar-refractivity contribution < 1.29 is 19.4 Å². The number of hydrogen-bond donors (Lipinski definition) is 1. The predicted octanol–water partition coefficient (Wildman–Crippen LogP) is 2.15. The van der Waals surface area contributed by atoms with E-state index in [2.05, 4.69) is 36.6 Å². The minimum Gasteiger partial charge on any atom is -0.467 e. The first kappa shape index (κ1) is 14.7. The number of ether oxygens (including phenoxy) is 1. The number of hydrogen-bond acceptors (Lipinski definition) is 4. The lowest BCUT2D eigenvalue weighted by Gasteiger charge is -2.26. The molecule has 0 aromatic carbocycles. The Balaban J connectivity index is 2.72. The van der Waals surface area contributed by atoms with Crippen LogP contribution in [0.2, 0.25) is 0 Å². The van der Waals surface area contributed by atoms with Gasteiger partial charge in [-0.1, -0.05) is 0 Å². The van der Waals surface area contributed by atoms with E-state index in [1.807, 2.05) is 0 Å². The Morgan fingerprint density at radius 2 is 2.05 bits per heavy atom. The number of halogens is 2. The number of aliphatic hydroxyl groups is 1. The van der Waals surface area contributed by atoms with E-state index in [1.54, 1.807) is 17.6 Å². The molecule has 0 saturated heterocycles. The number of rotatable bonds is 2. The minimum absolute atomic E-state index is 0.257. The number of esters is 1. The highest BCUT2D eigenvalue weighted by atomic mass is 79.9. The van der Waals surface area contributed by atoms with Gasteiger partial charge in [-0.05, 0) is 51.8 Å². The van der Waals surface area contributed by atoms with E-state index in [4.69, 9.17) is 0 Å². The summed E-state index contributed by atoms with van der Waals surface area (Å²) in [7, 11) is 1.19. The third-order valence-electron chi connectivity index (χ3n) is 3.60. The molecule has 0 radical (unpaired) electrons. The number of carbonyl (C=O) groups is 2. The Kier molecular flexibility index (Phi) is 3.66. The van der Waals surface area contributed by atoms with E-state index in [1.165, 1.54) is 14.0 Å². The quantitative estimate of drug-likeness (QED) is 0.780. The molecule has 0 fully saturated rings. The highest BCUT2D eigenvalue weighted by Crippen LogP contribution is 2.50. The number of aromatic nitrogens is 1. The zero-order chi connectivity index (χ0) is 14.5. The predicted molar refractivity (Wildman–Crippen MR) is 74.6 cm³/mol. The molecule has 1 aliphatic rings. The third-order valence-corrected chi connectivity index (χ3v) is 5.54. The van der Waals surface area contributed by atoms with Crippen molar-refractivity contribution in [3.63, 3.8) is 0 Å². The average molecular weight is 395 g/mol. The van der Waals surface area contributed by atoms with Crippen LogP contribution in [0.1, 0.15) is 25.6 Å². The molecular formula is C12H13Br2NO4. The van der Waals surface area contributed by atoms with Crippen molar-refractivity contribution in [2.75, 3.05) is 7.11 Å². The van der Waals surface area contributed by atoms with Crippen LogP contribution in [0.4, 0.5) is 0 Å². The minimum atomic E-state index is -1.95. The standard InChI is InChI=1S/C12H13Br2NO4/c1-5-9(6(2)16)12(18,11(17)19-3)8-4-7(13)10(14)15(5)8/h4-5,9,18H,1-3H3. The van der Waals surface area contributed by atoms with Gasteiger partial charge in [-0.15, -0.1) is 0 Å². The topological polar surface area (TPSA) is 68.5 Å². The summed E-state index contributed by atoms with van der Waals surface area (Å²) in [6.07, 6.45) is 0. The second-order valence-corrected chi connectivity index (χ2v) is 6.23. The Bertz CT molecular complexity index is 568. The zero-order valence-electron chi connectivity index (χ0n) is 10.6. The molecule has 0 spiro atoms. The largest absolute Gasteiger partial charge is 0.467 e. The van der Waals surface area contributed by atoms with Gasteiger partial charge in [0.2, 0.25) is 5.60 Å². The van der Waals surface area contributed by atoms with Gasteiger partial charge in [-0.3, -0.25) is 4.79 Å². The normalized spacial score (nSPS) is 29.2. The van der Waals surface area contributed by atoms with Crippen molar-refractivity contribution >= 4 is 43.6 Å². The van der Waals surface area contributed by atoms with Crippen molar-refractivity contribution in [1.82, 2.24) is 4.57 Å². The molecule has 1 aromatic heterocycles. The van der Waals surface area contributed by atoms with E-state index in [-0.39, 0.29) is 11.8 Å². The fourth-order valence-electron chi connectivity index (χ4n) is 2.84. The monoisotopic (exact) mass is 393 g/mol. The SMILES string of the molecule is COC(=O)C1(O)c2cc(Br)c(Br)n2C(C)C1C(C)=O. The summed E-state index contributed by atoms with van der Waals surface area (Å²) in [5.41, 5.74) is -1.60. The maximum atomic E-state index is 12.0.